The summed E-state index contributed by atoms with van der Waals surface area (Å²) in [6.45, 7) is 3.69. The van der Waals surface area contributed by atoms with E-state index in [-0.39, 0.29) is 11.9 Å². The number of benzene rings is 2. The number of hydrogen-bond donors (Lipinski definition) is 2. The lowest BCUT2D eigenvalue weighted by Gasteiger charge is -2.21. The molecule has 4 nitrogen and oxygen atoms in total. The third-order valence-corrected chi connectivity index (χ3v) is 4.14. The maximum atomic E-state index is 12.3. The van der Waals surface area contributed by atoms with Gasteiger partial charge >= 0.3 is 0 Å². The Hall–Kier alpha value is -2.06. The monoisotopic (exact) mass is 361 g/mol. The first-order valence-corrected chi connectivity index (χ1v) is 8.18. The number of nitrogens with one attached hydrogen (secondary N) is 2. The fourth-order valence-electron chi connectivity index (χ4n) is 2.31. The molecule has 0 saturated carbocycles. The molecule has 2 atom stereocenters. The van der Waals surface area contributed by atoms with Gasteiger partial charge in [-0.3, -0.25) is 10.1 Å². The highest BCUT2D eigenvalue weighted by atomic mass is 35.5. The largest absolute Gasteiger partial charge is 0.325 e. The number of carbonyl (C=O) groups excluding carboxylic acids is 1. The lowest BCUT2D eigenvalue weighted by molar-refractivity contribution is -0.117. The first kappa shape index (κ1) is 18.3. The number of amides is 1. The minimum atomic E-state index is -0.447. The first-order valence-electron chi connectivity index (χ1n) is 7.42. The zero-order chi connectivity index (χ0) is 17.7. The lowest BCUT2D eigenvalue weighted by atomic mass is 10.1. The molecule has 0 aliphatic heterocycles. The van der Waals surface area contributed by atoms with Gasteiger partial charge in [0.1, 0.15) is 0 Å². The van der Waals surface area contributed by atoms with Crippen molar-refractivity contribution in [3.8, 4) is 6.07 Å². The predicted molar refractivity (Wildman–Crippen MR) is 97.3 cm³/mol. The number of nitrogens with zero attached hydrogens (tertiary/aromatic N) is 1. The molecule has 0 aliphatic rings. The highest BCUT2D eigenvalue weighted by molar-refractivity contribution is 6.35. The first-order chi connectivity index (χ1) is 11.4. The van der Waals surface area contributed by atoms with Crippen LogP contribution in [0.15, 0.2) is 42.5 Å². The van der Waals surface area contributed by atoms with E-state index in [9.17, 15) is 4.79 Å². The van der Waals surface area contributed by atoms with E-state index in [1.165, 1.54) is 0 Å². The van der Waals surface area contributed by atoms with Gasteiger partial charge in [0.15, 0.2) is 0 Å². The molecular formula is C18H17Cl2N3O. The third kappa shape index (κ3) is 4.72. The Morgan fingerprint density at radius 3 is 2.58 bits per heavy atom. The molecule has 2 aromatic rings. The Morgan fingerprint density at radius 1 is 1.17 bits per heavy atom. The summed E-state index contributed by atoms with van der Waals surface area (Å²) in [6, 6.07) is 13.5. The molecule has 2 N–H and O–H groups in total. The minimum Gasteiger partial charge on any atom is -0.325 e. The molecular weight excluding hydrogens is 345 g/mol. The van der Waals surface area contributed by atoms with Crippen LogP contribution in [0.25, 0.3) is 0 Å². The van der Waals surface area contributed by atoms with Gasteiger partial charge in [-0.25, -0.2) is 0 Å². The van der Waals surface area contributed by atoms with Gasteiger partial charge in [-0.1, -0.05) is 35.3 Å². The van der Waals surface area contributed by atoms with E-state index in [1.54, 1.807) is 43.3 Å². The Balaban J connectivity index is 2.01. The number of anilines is 1. The number of rotatable bonds is 5. The molecule has 0 unspecified atom stereocenters. The molecule has 124 valence electrons. The van der Waals surface area contributed by atoms with Crippen LogP contribution in [-0.2, 0) is 4.79 Å². The molecule has 0 radical (unpaired) electrons. The van der Waals surface area contributed by atoms with Crippen molar-refractivity contribution in [1.29, 1.82) is 5.26 Å². The van der Waals surface area contributed by atoms with Crippen molar-refractivity contribution < 1.29 is 4.79 Å². The second kappa shape index (κ2) is 8.16. The second-order valence-corrected chi connectivity index (χ2v) is 6.30. The van der Waals surface area contributed by atoms with Crippen LogP contribution in [0.4, 0.5) is 5.69 Å². The van der Waals surface area contributed by atoms with Crippen LogP contribution >= 0.6 is 23.2 Å². The molecule has 0 saturated heterocycles. The van der Waals surface area contributed by atoms with Crippen molar-refractivity contribution in [3.63, 3.8) is 0 Å². The molecule has 2 aromatic carbocycles. The highest BCUT2D eigenvalue weighted by Crippen LogP contribution is 2.26. The van der Waals surface area contributed by atoms with E-state index in [0.29, 0.717) is 21.3 Å². The summed E-state index contributed by atoms with van der Waals surface area (Å²) in [5.74, 6) is -0.193. The number of nitriles is 1. The van der Waals surface area contributed by atoms with Crippen LogP contribution in [0.1, 0.15) is 31.0 Å². The summed E-state index contributed by atoms with van der Waals surface area (Å²) < 4.78 is 0. The molecule has 2 rings (SSSR count). The van der Waals surface area contributed by atoms with Crippen LogP contribution in [0.3, 0.4) is 0 Å². The molecule has 0 aliphatic carbocycles. The zero-order valence-corrected chi connectivity index (χ0v) is 14.8. The van der Waals surface area contributed by atoms with E-state index >= 15 is 0 Å². The predicted octanol–water partition coefficient (Wildman–Crippen LogP) is 4.54. The van der Waals surface area contributed by atoms with Crippen LogP contribution in [0.2, 0.25) is 10.0 Å². The van der Waals surface area contributed by atoms with Crippen molar-refractivity contribution in [3.05, 3.63) is 63.6 Å². The van der Waals surface area contributed by atoms with Crippen molar-refractivity contribution in [1.82, 2.24) is 5.32 Å². The topological polar surface area (TPSA) is 64.9 Å². The SMILES string of the molecule is C[C@H](N[C@@H](C)c1ccc(Cl)cc1Cl)C(=O)Nc1cccc(C#N)c1. The number of hydrogen-bond acceptors (Lipinski definition) is 3. The van der Waals surface area contributed by atoms with Crippen molar-refractivity contribution in [2.24, 2.45) is 0 Å². The van der Waals surface area contributed by atoms with E-state index in [4.69, 9.17) is 28.5 Å². The van der Waals surface area contributed by atoms with Gasteiger partial charge in [0, 0.05) is 21.8 Å². The summed E-state index contributed by atoms with van der Waals surface area (Å²) in [6.07, 6.45) is 0. The van der Waals surface area contributed by atoms with Gasteiger partial charge in [-0.05, 0) is 49.7 Å². The second-order valence-electron chi connectivity index (χ2n) is 5.46. The van der Waals surface area contributed by atoms with Crippen LogP contribution < -0.4 is 10.6 Å². The number of halogens is 2. The van der Waals surface area contributed by atoms with Gasteiger partial charge in [-0.2, -0.15) is 5.26 Å². The average molecular weight is 362 g/mol. The Kier molecular flexibility index (Phi) is 6.22. The summed E-state index contributed by atoms with van der Waals surface area (Å²) in [7, 11) is 0. The molecule has 0 heterocycles. The third-order valence-electron chi connectivity index (χ3n) is 3.58. The zero-order valence-electron chi connectivity index (χ0n) is 13.3. The summed E-state index contributed by atoms with van der Waals surface area (Å²) in [5, 5.41) is 16.0. The Morgan fingerprint density at radius 2 is 1.92 bits per heavy atom. The van der Waals surface area contributed by atoms with E-state index in [2.05, 4.69) is 10.6 Å². The molecule has 0 bridgehead atoms. The van der Waals surface area contributed by atoms with Gasteiger partial charge in [0.2, 0.25) is 5.91 Å². The van der Waals surface area contributed by atoms with Crippen LogP contribution in [0.5, 0.6) is 0 Å². The van der Waals surface area contributed by atoms with Gasteiger partial charge in [-0.15, -0.1) is 0 Å². The Bertz CT molecular complexity index is 786. The van der Waals surface area contributed by atoms with E-state index in [1.807, 2.05) is 19.1 Å². The van der Waals surface area contributed by atoms with E-state index < -0.39 is 6.04 Å². The average Bonchev–Trinajstić information content (AvgIpc) is 2.54. The molecule has 24 heavy (non-hydrogen) atoms. The summed E-state index contributed by atoms with van der Waals surface area (Å²) in [5.41, 5.74) is 1.95. The maximum Gasteiger partial charge on any atom is 0.241 e. The smallest absolute Gasteiger partial charge is 0.241 e. The highest BCUT2D eigenvalue weighted by Gasteiger charge is 2.18. The van der Waals surface area contributed by atoms with Crippen molar-refractivity contribution in [2.45, 2.75) is 25.9 Å². The Labute approximate surface area is 151 Å². The van der Waals surface area contributed by atoms with Crippen molar-refractivity contribution in [2.75, 3.05) is 5.32 Å². The minimum absolute atomic E-state index is 0.124. The lowest BCUT2D eigenvalue weighted by Crippen LogP contribution is -2.39. The standard InChI is InChI=1S/C18H17Cl2N3O/c1-11(16-7-6-14(19)9-17(16)20)22-12(2)18(24)23-15-5-3-4-13(8-15)10-21/h3-9,11-12,22H,1-2H3,(H,23,24)/t11-,12-/m0/s1. The molecule has 0 fully saturated rings. The molecule has 1 amide bonds. The summed E-state index contributed by atoms with van der Waals surface area (Å²) in [4.78, 5) is 12.3. The van der Waals surface area contributed by atoms with Gasteiger partial charge in [0.05, 0.1) is 17.7 Å². The van der Waals surface area contributed by atoms with Crippen molar-refractivity contribution >= 4 is 34.8 Å². The van der Waals surface area contributed by atoms with Crippen LogP contribution in [0, 0.1) is 11.3 Å². The normalized spacial score (nSPS) is 13.0. The maximum absolute atomic E-state index is 12.3. The van der Waals surface area contributed by atoms with Gasteiger partial charge in [0.25, 0.3) is 0 Å². The summed E-state index contributed by atoms with van der Waals surface area (Å²) >= 11 is 12.1. The fraction of sp³-hybridized carbons (Fsp3) is 0.222. The quantitative estimate of drug-likeness (QED) is 0.821. The fourth-order valence-corrected chi connectivity index (χ4v) is 2.88. The molecule has 0 spiro atoms. The molecule has 0 aromatic heterocycles. The number of carbonyl (C=O) groups is 1. The van der Waals surface area contributed by atoms with E-state index in [0.717, 1.165) is 5.56 Å². The van der Waals surface area contributed by atoms with Gasteiger partial charge < -0.3 is 5.32 Å². The van der Waals surface area contributed by atoms with Crippen LogP contribution in [-0.4, -0.2) is 11.9 Å². The molecule has 6 heteroatoms.